The molecule has 30 heavy (non-hydrogen) atoms. The van der Waals surface area contributed by atoms with Crippen molar-refractivity contribution in [3.63, 3.8) is 0 Å². The number of amides is 2. The number of carbonyl (C=O) groups excluding carboxylic acids is 2. The van der Waals surface area contributed by atoms with Gasteiger partial charge in [-0.25, -0.2) is 0 Å². The maximum atomic E-state index is 12.6. The average molecular weight is 404 g/mol. The molecule has 2 amide bonds. The topological polar surface area (TPSA) is 43.9 Å². The van der Waals surface area contributed by atoms with Crippen LogP contribution in [0.4, 0.5) is 11.4 Å². The second-order valence-electron chi connectivity index (χ2n) is 8.11. The molecule has 0 bridgehead atoms. The second kappa shape index (κ2) is 8.74. The normalized spacial score (nSPS) is 17.3. The van der Waals surface area contributed by atoms with Gasteiger partial charge in [0, 0.05) is 56.6 Å². The van der Waals surface area contributed by atoms with Crippen molar-refractivity contribution in [3.05, 3.63) is 65.2 Å². The molecule has 156 valence electrons. The van der Waals surface area contributed by atoms with Crippen molar-refractivity contribution in [1.82, 2.24) is 4.90 Å². The zero-order chi connectivity index (χ0) is 21.1. The Kier molecular flexibility index (Phi) is 5.88. The van der Waals surface area contributed by atoms with Crippen LogP contribution in [-0.2, 0) is 9.59 Å². The zero-order valence-electron chi connectivity index (χ0n) is 17.8. The van der Waals surface area contributed by atoms with Gasteiger partial charge in [0.05, 0.1) is 0 Å². The van der Waals surface area contributed by atoms with Gasteiger partial charge in [-0.2, -0.15) is 0 Å². The van der Waals surface area contributed by atoms with Crippen molar-refractivity contribution >= 4 is 29.3 Å². The van der Waals surface area contributed by atoms with Crippen LogP contribution in [-0.4, -0.2) is 49.4 Å². The Morgan fingerprint density at radius 2 is 1.67 bits per heavy atom. The summed E-state index contributed by atoms with van der Waals surface area (Å²) in [5, 5.41) is 0. The van der Waals surface area contributed by atoms with Gasteiger partial charge < -0.3 is 14.7 Å². The third-order valence-corrected chi connectivity index (χ3v) is 6.20. The summed E-state index contributed by atoms with van der Waals surface area (Å²) in [5.74, 6) is 0.239. The third kappa shape index (κ3) is 4.25. The van der Waals surface area contributed by atoms with Gasteiger partial charge in [0.15, 0.2) is 0 Å². The molecule has 2 saturated heterocycles. The highest BCUT2D eigenvalue weighted by atomic mass is 16.2. The Bertz CT molecular complexity index is 957. The molecule has 2 aromatic rings. The fourth-order valence-electron chi connectivity index (χ4n) is 4.21. The van der Waals surface area contributed by atoms with Crippen LogP contribution < -0.4 is 9.80 Å². The number of hydrogen-bond acceptors (Lipinski definition) is 3. The highest BCUT2D eigenvalue weighted by Gasteiger charge is 2.22. The quantitative estimate of drug-likeness (QED) is 0.730. The molecule has 0 saturated carbocycles. The van der Waals surface area contributed by atoms with E-state index in [-0.39, 0.29) is 11.8 Å². The number of benzene rings is 2. The van der Waals surface area contributed by atoms with E-state index >= 15 is 0 Å². The van der Waals surface area contributed by atoms with Gasteiger partial charge >= 0.3 is 0 Å². The first kappa shape index (κ1) is 20.2. The third-order valence-electron chi connectivity index (χ3n) is 6.20. The first-order valence-corrected chi connectivity index (χ1v) is 10.7. The summed E-state index contributed by atoms with van der Waals surface area (Å²) in [6.07, 6.45) is 5.07. The van der Waals surface area contributed by atoms with Gasteiger partial charge in [-0.1, -0.05) is 24.3 Å². The second-order valence-corrected chi connectivity index (χ2v) is 8.11. The van der Waals surface area contributed by atoms with E-state index in [2.05, 4.69) is 36.9 Å². The molecule has 0 atom stereocenters. The fourth-order valence-corrected chi connectivity index (χ4v) is 4.21. The lowest BCUT2D eigenvalue weighted by Gasteiger charge is -2.36. The molecule has 0 aromatic heterocycles. The minimum Gasteiger partial charge on any atom is -0.368 e. The molecule has 5 heteroatoms. The van der Waals surface area contributed by atoms with Crippen molar-refractivity contribution in [2.24, 2.45) is 0 Å². The Balaban J connectivity index is 1.33. The highest BCUT2D eigenvalue weighted by Crippen LogP contribution is 2.24. The van der Waals surface area contributed by atoms with E-state index in [1.165, 1.54) is 16.8 Å². The van der Waals surface area contributed by atoms with Crippen molar-refractivity contribution in [2.45, 2.75) is 26.7 Å². The van der Waals surface area contributed by atoms with E-state index in [0.717, 1.165) is 50.4 Å². The number of aryl methyl sites for hydroxylation is 1. The lowest BCUT2D eigenvalue weighted by molar-refractivity contribution is -0.126. The van der Waals surface area contributed by atoms with Crippen molar-refractivity contribution in [3.8, 4) is 0 Å². The number of piperazine rings is 1. The van der Waals surface area contributed by atoms with E-state index in [0.29, 0.717) is 6.42 Å². The minimum atomic E-state index is 0.0504. The van der Waals surface area contributed by atoms with E-state index in [9.17, 15) is 9.59 Å². The molecule has 2 aromatic carbocycles. The minimum absolute atomic E-state index is 0.0504. The molecule has 2 heterocycles. The van der Waals surface area contributed by atoms with Crippen molar-refractivity contribution in [1.29, 1.82) is 0 Å². The summed E-state index contributed by atoms with van der Waals surface area (Å²) >= 11 is 0. The Hall–Kier alpha value is -3.08. The summed E-state index contributed by atoms with van der Waals surface area (Å²) in [4.78, 5) is 30.6. The van der Waals surface area contributed by atoms with Gasteiger partial charge in [0.2, 0.25) is 11.8 Å². The highest BCUT2D eigenvalue weighted by molar-refractivity contribution is 5.95. The molecule has 4 rings (SSSR count). The van der Waals surface area contributed by atoms with Crippen LogP contribution in [0, 0.1) is 13.8 Å². The number of nitrogens with zero attached hydrogens (tertiary/aromatic N) is 3. The molecule has 2 aliphatic heterocycles. The van der Waals surface area contributed by atoms with E-state index < -0.39 is 0 Å². The summed E-state index contributed by atoms with van der Waals surface area (Å²) in [7, 11) is 0. The standard InChI is InChI=1S/C25H29N3O2/c1-19-5-3-6-23(20(19)2)26-15-17-27(18-16-26)24(29)13-10-21-8-11-22(12-9-21)28-14-4-7-25(28)30/h3,5-6,8-13H,4,7,14-18H2,1-2H3/b13-10+. The predicted molar refractivity (Wildman–Crippen MR) is 122 cm³/mol. The van der Waals surface area contributed by atoms with Crippen LogP contribution in [0.25, 0.3) is 6.08 Å². The van der Waals surface area contributed by atoms with Crippen LogP contribution in [0.15, 0.2) is 48.5 Å². The van der Waals surface area contributed by atoms with Crippen LogP contribution in [0.2, 0.25) is 0 Å². The van der Waals surface area contributed by atoms with Crippen LogP contribution >= 0.6 is 0 Å². The molecule has 2 aliphatic rings. The predicted octanol–water partition coefficient (Wildman–Crippen LogP) is 3.79. The average Bonchev–Trinajstić information content (AvgIpc) is 3.20. The largest absolute Gasteiger partial charge is 0.368 e. The molecule has 0 N–H and O–H groups in total. The van der Waals surface area contributed by atoms with Gasteiger partial charge in [0.25, 0.3) is 0 Å². The molecule has 2 fully saturated rings. The molecule has 0 unspecified atom stereocenters. The number of carbonyl (C=O) groups is 2. The lowest BCUT2D eigenvalue weighted by Crippen LogP contribution is -2.48. The Morgan fingerprint density at radius 3 is 2.33 bits per heavy atom. The summed E-state index contributed by atoms with van der Waals surface area (Å²) in [6, 6.07) is 14.2. The molecule has 0 spiro atoms. The SMILES string of the molecule is Cc1cccc(N2CCN(C(=O)/C=C/c3ccc(N4CCCC4=O)cc3)CC2)c1C. The molecule has 0 aliphatic carbocycles. The molecular weight excluding hydrogens is 374 g/mol. The molecular formula is C25H29N3O2. The number of rotatable bonds is 4. The van der Waals surface area contributed by atoms with E-state index in [1.807, 2.05) is 40.1 Å². The van der Waals surface area contributed by atoms with Gasteiger partial charge in [-0.05, 0) is 61.2 Å². The first-order chi connectivity index (χ1) is 14.5. The van der Waals surface area contributed by atoms with Gasteiger partial charge in [-0.15, -0.1) is 0 Å². The fraction of sp³-hybridized carbons (Fsp3) is 0.360. The van der Waals surface area contributed by atoms with Gasteiger partial charge in [-0.3, -0.25) is 9.59 Å². The van der Waals surface area contributed by atoms with Crippen molar-refractivity contribution in [2.75, 3.05) is 42.5 Å². The lowest BCUT2D eigenvalue weighted by atomic mass is 10.1. The molecule has 0 radical (unpaired) electrons. The van der Waals surface area contributed by atoms with Crippen molar-refractivity contribution < 1.29 is 9.59 Å². The number of anilines is 2. The summed E-state index contributed by atoms with van der Waals surface area (Å²) in [5.41, 5.74) is 5.79. The van der Waals surface area contributed by atoms with Crippen LogP contribution in [0.5, 0.6) is 0 Å². The summed E-state index contributed by atoms with van der Waals surface area (Å²) < 4.78 is 0. The maximum Gasteiger partial charge on any atom is 0.246 e. The zero-order valence-corrected chi connectivity index (χ0v) is 17.8. The van der Waals surface area contributed by atoms with E-state index in [4.69, 9.17) is 0 Å². The van der Waals surface area contributed by atoms with Crippen LogP contribution in [0.3, 0.4) is 0 Å². The smallest absolute Gasteiger partial charge is 0.246 e. The number of hydrogen-bond donors (Lipinski definition) is 0. The van der Waals surface area contributed by atoms with Crippen LogP contribution in [0.1, 0.15) is 29.5 Å². The monoisotopic (exact) mass is 403 g/mol. The van der Waals surface area contributed by atoms with Gasteiger partial charge in [0.1, 0.15) is 0 Å². The Morgan fingerprint density at radius 1 is 0.933 bits per heavy atom. The summed E-state index contributed by atoms with van der Waals surface area (Å²) in [6.45, 7) is 8.25. The van der Waals surface area contributed by atoms with E-state index in [1.54, 1.807) is 6.08 Å². The first-order valence-electron chi connectivity index (χ1n) is 10.7. The molecule has 5 nitrogen and oxygen atoms in total. The maximum absolute atomic E-state index is 12.6. The Labute approximate surface area is 178 Å².